The van der Waals surface area contributed by atoms with Crippen LogP contribution in [0, 0.1) is 0 Å². The molecule has 0 saturated carbocycles. The van der Waals surface area contributed by atoms with E-state index in [4.69, 9.17) is 0 Å². The third kappa shape index (κ3) is 4.72. The second-order valence-corrected chi connectivity index (χ2v) is 4.77. The zero-order valence-corrected chi connectivity index (χ0v) is 12.0. The van der Waals surface area contributed by atoms with E-state index in [-0.39, 0.29) is 0 Å². The lowest BCUT2D eigenvalue weighted by Crippen LogP contribution is -2.15. The van der Waals surface area contributed by atoms with Crippen LogP contribution in [0.15, 0.2) is 61.2 Å². The fourth-order valence-corrected chi connectivity index (χ4v) is 1.83. The van der Waals surface area contributed by atoms with Crippen molar-refractivity contribution in [3.63, 3.8) is 0 Å². The summed E-state index contributed by atoms with van der Waals surface area (Å²) in [5.74, 6) is 0. The van der Waals surface area contributed by atoms with E-state index in [9.17, 15) is 0 Å². The Kier molecular flexibility index (Phi) is 5.12. The van der Waals surface area contributed by atoms with Gasteiger partial charge in [0.1, 0.15) is 0 Å². The lowest BCUT2D eigenvalue weighted by molar-refractivity contribution is 0.402. The van der Waals surface area contributed by atoms with Crippen LogP contribution in [-0.2, 0) is 13.1 Å². The summed E-state index contributed by atoms with van der Waals surface area (Å²) in [4.78, 5) is 12.8. The normalized spacial score (nSPS) is 10.7. The van der Waals surface area contributed by atoms with Crippen molar-refractivity contribution in [1.29, 1.82) is 0 Å². The second-order valence-electron chi connectivity index (χ2n) is 4.77. The molecule has 0 aliphatic carbocycles. The number of pyridine rings is 2. The first-order valence-corrected chi connectivity index (χ1v) is 6.62. The lowest BCUT2D eigenvalue weighted by atomic mass is 10.3. The lowest BCUT2D eigenvalue weighted by Gasteiger charge is -2.17. The molecule has 2 aromatic heterocycles. The number of rotatable bonds is 6. The van der Waals surface area contributed by atoms with Gasteiger partial charge in [-0.15, -0.1) is 0 Å². The van der Waals surface area contributed by atoms with Gasteiger partial charge in [-0.1, -0.05) is 12.1 Å². The summed E-state index contributed by atoms with van der Waals surface area (Å²) in [6.45, 7) is 1.60. The molecule has 0 bridgehead atoms. The molecule has 0 N–H and O–H groups in total. The summed E-state index contributed by atoms with van der Waals surface area (Å²) in [6, 6.07) is 11.9. The van der Waals surface area contributed by atoms with Crippen LogP contribution in [0.1, 0.15) is 11.4 Å². The van der Waals surface area contributed by atoms with Gasteiger partial charge in [0.2, 0.25) is 0 Å². The maximum absolute atomic E-state index is 4.31. The molecule has 4 heteroatoms. The molecule has 2 heterocycles. The third-order valence-electron chi connectivity index (χ3n) is 2.85. The van der Waals surface area contributed by atoms with Gasteiger partial charge < -0.3 is 9.80 Å². The standard InChI is InChI=1S/C16H20N4/c1-19(13-15-7-3-5-9-17-15)11-12-20(2)14-16-8-4-6-10-18-16/h3-12H,13-14H2,1-2H3/b12-11+. The van der Waals surface area contributed by atoms with Gasteiger partial charge in [0, 0.05) is 38.9 Å². The Morgan fingerprint density at radius 2 is 1.25 bits per heavy atom. The molecule has 2 rings (SSSR count). The van der Waals surface area contributed by atoms with Crippen LogP contribution in [-0.4, -0.2) is 33.9 Å². The minimum absolute atomic E-state index is 0.800. The highest BCUT2D eigenvalue weighted by Gasteiger charge is 1.98. The first-order chi connectivity index (χ1) is 9.74. The maximum Gasteiger partial charge on any atom is 0.0596 e. The first kappa shape index (κ1) is 14.1. The molecule has 0 spiro atoms. The monoisotopic (exact) mass is 268 g/mol. The van der Waals surface area contributed by atoms with Crippen LogP contribution >= 0.6 is 0 Å². The summed E-state index contributed by atoms with van der Waals surface area (Å²) in [6.07, 6.45) is 7.75. The number of nitrogens with zero attached hydrogens (tertiary/aromatic N) is 4. The van der Waals surface area contributed by atoms with Crippen molar-refractivity contribution >= 4 is 0 Å². The van der Waals surface area contributed by atoms with Crippen molar-refractivity contribution in [1.82, 2.24) is 19.8 Å². The molecule has 20 heavy (non-hydrogen) atoms. The van der Waals surface area contributed by atoms with Gasteiger partial charge in [-0.3, -0.25) is 9.97 Å². The summed E-state index contributed by atoms with van der Waals surface area (Å²) >= 11 is 0. The van der Waals surface area contributed by atoms with Gasteiger partial charge in [0.15, 0.2) is 0 Å². The molecule has 0 fully saturated rings. The van der Waals surface area contributed by atoms with Crippen LogP contribution in [0.2, 0.25) is 0 Å². The molecule has 0 aliphatic rings. The van der Waals surface area contributed by atoms with Crippen molar-refractivity contribution in [3.8, 4) is 0 Å². The zero-order chi connectivity index (χ0) is 14.2. The summed E-state index contributed by atoms with van der Waals surface area (Å²) in [5, 5.41) is 0. The Morgan fingerprint density at radius 3 is 1.60 bits per heavy atom. The van der Waals surface area contributed by atoms with E-state index in [2.05, 4.69) is 32.2 Å². The fraction of sp³-hybridized carbons (Fsp3) is 0.250. The van der Waals surface area contributed by atoms with Gasteiger partial charge >= 0.3 is 0 Å². The minimum Gasteiger partial charge on any atom is -0.373 e. The van der Waals surface area contributed by atoms with Gasteiger partial charge in [0.25, 0.3) is 0 Å². The van der Waals surface area contributed by atoms with Crippen molar-refractivity contribution in [2.75, 3.05) is 14.1 Å². The average Bonchev–Trinajstić information content (AvgIpc) is 2.47. The first-order valence-electron chi connectivity index (χ1n) is 6.62. The molecule has 104 valence electrons. The molecular weight excluding hydrogens is 248 g/mol. The highest BCUT2D eigenvalue weighted by molar-refractivity contribution is 5.05. The molecule has 0 aromatic carbocycles. The SMILES string of the molecule is CN(/C=C/N(C)Cc1ccccn1)Cc1ccccn1. The summed E-state index contributed by atoms with van der Waals surface area (Å²) < 4.78 is 0. The second kappa shape index (κ2) is 7.28. The topological polar surface area (TPSA) is 32.3 Å². The van der Waals surface area contributed by atoms with E-state index in [1.54, 1.807) is 0 Å². The van der Waals surface area contributed by atoms with Gasteiger partial charge in [-0.05, 0) is 24.3 Å². The molecule has 0 unspecified atom stereocenters. The van der Waals surface area contributed by atoms with Crippen LogP contribution in [0.25, 0.3) is 0 Å². The van der Waals surface area contributed by atoms with Gasteiger partial charge in [-0.2, -0.15) is 0 Å². The Balaban J connectivity index is 1.82. The quantitative estimate of drug-likeness (QED) is 0.806. The van der Waals surface area contributed by atoms with Crippen LogP contribution < -0.4 is 0 Å². The maximum atomic E-state index is 4.31. The molecule has 4 nitrogen and oxygen atoms in total. The van der Waals surface area contributed by atoms with E-state index in [0.717, 1.165) is 24.5 Å². The molecular formula is C16H20N4. The third-order valence-corrected chi connectivity index (χ3v) is 2.85. The van der Waals surface area contributed by atoms with E-state index in [1.807, 2.05) is 62.9 Å². The summed E-state index contributed by atoms with van der Waals surface area (Å²) in [5.41, 5.74) is 2.12. The van der Waals surface area contributed by atoms with Crippen LogP contribution in [0.3, 0.4) is 0 Å². The Labute approximate surface area is 120 Å². The summed E-state index contributed by atoms with van der Waals surface area (Å²) in [7, 11) is 4.08. The largest absolute Gasteiger partial charge is 0.373 e. The minimum atomic E-state index is 0.800. The molecule has 0 aliphatic heterocycles. The molecule has 0 atom stereocenters. The van der Waals surface area contributed by atoms with Gasteiger partial charge in [0.05, 0.1) is 24.5 Å². The van der Waals surface area contributed by atoms with Crippen molar-refractivity contribution in [2.45, 2.75) is 13.1 Å². The zero-order valence-electron chi connectivity index (χ0n) is 12.0. The number of hydrogen-bond donors (Lipinski definition) is 0. The number of aromatic nitrogens is 2. The fourth-order valence-electron chi connectivity index (χ4n) is 1.83. The predicted octanol–water partition coefficient (Wildman–Crippen LogP) is 2.51. The van der Waals surface area contributed by atoms with Crippen LogP contribution in [0.4, 0.5) is 0 Å². The molecule has 2 aromatic rings. The molecule has 0 saturated heterocycles. The Hall–Kier alpha value is -2.36. The van der Waals surface area contributed by atoms with Crippen molar-refractivity contribution in [2.24, 2.45) is 0 Å². The molecule has 0 amide bonds. The van der Waals surface area contributed by atoms with Crippen molar-refractivity contribution in [3.05, 3.63) is 72.6 Å². The van der Waals surface area contributed by atoms with Crippen LogP contribution in [0.5, 0.6) is 0 Å². The van der Waals surface area contributed by atoms with E-state index in [1.165, 1.54) is 0 Å². The number of hydrogen-bond acceptors (Lipinski definition) is 4. The van der Waals surface area contributed by atoms with Gasteiger partial charge in [-0.25, -0.2) is 0 Å². The van der Waals surface area contributed by atoms with E-state index in [0.29, 0.717) is 0 Å². The van der Waals surface area contributed by atoms with E-state index < -0.39 is 0 Å². The highest BCUT2D eigenvalue weighted by Crippen LogP contribution is 2.02. The Bertz CT molecular complexity index is 475. The van der Waals surface area contributed by atoms with E-state index >= 15 is 0 Å². The predicted molar refractivity (Wildman–Crippen MR) is 80.5 cm³/mol. The molecule has 0 radical (unpaired) electrons. The highest BCUT2D eigenvalue weighted by atomic mass is 15.1. The van der Waals surface area contributed by atoms with Crippen molar-refractivity contribution < 1.29 is 0 Å². The Morgan fingerprint density at radius 1 is 0.800 bits per heavy atom. The average molecular weight is 268 g/mol. The smallest absolute Gasteiger partial charge is 0.0596 e.